The summed E-state index contributed by atoms with van der Waals surface area (Å²) < 4.78 is 11.6. The van der Waals surface area contributed by atoms with Crippen LogP contribution in [0.1, 0.15) is 6.92 Å². The number of halogens is 1. The Bertz CT molecular complexity index is 302. The lowest BCUT2D eigenvalue weighted by Gasteiger charge is -2.13. The van der Waals surface area contributed by atoms with E-state index in [2.05, 4.69) is 15.9 Å². The van der Waals surface area contributed by atoms with Gasteiger partial charge in [-0.25, -0.2) is 0 Å². The number of hydrogen-bond acceptors (Lipinski definition) is 3. The highest BCUT2D eigenvalue weighted by atomic mass is 79.9. The van der Waals surface area contributed by atoms with Crippen LogP contribution in [0.15, 0.2) is 22.7 Å². The third-order valence-electron chi connectivity index (χ3n) is 1.64. The van der Waals surface area contributed by atoms with Gasteiger partial charge in [-0.2, -0.15) is 0 Å². The number of para-hydroxylation sites is 1. The van der Waals surface area contributed by atoms with Crippen LogP contribution in [0.3, 0.4) is 0 Å². The molecule has 0 aromatic heterocycles. The smallest absolute Gasteiger partial charge is 0.175 e. The van der Waals surface area contributed by atoms with Crippen LogP contribution in [0.2, 0.25) is 0 Å². The number of benzene rings is 1. The maximum atomic E-state index is 5.60. The molecule has 0 saturated heterocycles. The van der Waals surface area contributed by atoms with E-state index < -0.39 is 0 Å². The van der Waals surface area contributed by atoms with Crippen LogP contribution >= 0.6 is 15.9 Å². The average molecular weight is 260 g/mol. The minimum absolute atomic E-state index is 0.00631. The fraction of sp³-hybridized carbons (Fsp3) is 0.400. The number of ether oxygens (including phenoxy) is 2. The van der Waals surface area contributed by atoms with Gasteiger partial charge in [0, 0.05) is 6.04 Å². The first-order chi connectivity index (χ1) is 6.65. The predicted octanol–water partition coefficient (Wildman–Crippen LogP) is 2.18. The number of nitrogens with two attached hydrogens (primary N) is 1. The molecule has 4 heteroatoms. The monoisotopic (exact) mass is 259 g/mol. The van der Waals surface area contributed by atoms with E-state index in [1.165, 1.54) is 0 Å². The summed E-state index contributed by atoms with van der Waals surface area (Å²) in [5.74, 6) is 1.41. The summed E-state index contributed by atoms with van der Waals surface area (Å²) in [7, 11) is 1.61. The Hall–Kier alpha value is -0.740. The molecule has 0 bridgehead atoms. The lowest BCUT2D eigenvalue weighted by molar-refractivity contribution is 0.276. The van der Waals surface area contributed by atoms with Gasteiger partial charge in [0.15, 0.2) is 11.5 Å². The topological polar surface area (TPSA) is 44.5 Å². The standard InChI is InChI=1S/C10H14BrNO2/c1-7(12)6-14-10-8(11)4-3-5-9(10)13-2/h3-5,7H,6,12H2,1-2H3. The van der Waals surface area contributed by atoms with Crippen LogP contribution in [0.25, 0.3) is 0 Å². The van der Waals surface area contributed by atoms with Crippen molar-refractivity contribution in [2.75, 3.05) is 13.7 Å². The number of hydrogen-bond donors (Lipinski definition) is 1. The summed E-state index contributed by atoms with van der Waals surface area (Å²) in [5.41, 5.74) is 5.60. The quantitative estimate of drug-likeness (QED) is 0.902. The summed E-state index contributed by atoms with van der Waals surface area (Å²) in [6.45, 7) is 2.36. The van der Waals surface area contributed by atoms with Crippen molar-refractivity contribution < 1.29 is 9.47 Å². The van der Waals surface area contributed by atoms with Crippen molar-refractivity contribution in [1.82, 2.24) is 0 Å². The first kappa shape index (κ1) is 11.3. The van der Waals surface area contributed by atoms with Gasteiger partial charge in [0.05, 0.1) is 11.6 Å². The Labute approximate surface area is 92.3 Å². The second kappa shape index (κ2) is 5.22. The van der Waals surface area contributed by atoms with Gasteiger partial charge < -0.3 is 15.2 Å². The zero-order chi connectivity index (χ0) is 10.6. The second-order valence-electron chi connectivity index (χ2n) is 3.06. The minimum Gasteiger partial charge on any atom is -0.493 e. The molecule has 1 aromatic carbocycles. The third-order valence-corrected chi connectivity index (χ3v) is 2.27. The molecule has 78 valence electrons. The normalized spacial score (nSPS) is 12.3. The van der Waals surface area contributed by atoms with Gasteiger partial charge in [-0.05, 0) is 35.0 Å². The number of methoxy groups -OCH3 is 1. The van der Waals surface area contributed by atoms with E-state index >= 15 is 0 Å². The van der Waals surface area contributed by atoms with E-state index in [0.717, 1.165) is 4.47 Å². The average Bonchev–Trinajstić information content (AvgIpc) is 2.15. The van der Waals surface area contributed by atoms with Crippen molar-refractivity contribution in [2.24, 2.45) is 5.73 Å². The molecule has 0 aliphatic carbocycles. The van der Waals surface area contributed by atoms with Crippen LogP contribution < -0.4 is 15.2 Å². The van der Waals surface area contributed by atoms with Gasteiger partial charge in [-0.1, -0.05) is 6.07 Å². The molecule has 1 aromatic rings. The largest absolute Gasteiger partial charge is 0.493 e. The minimum atomic E-state index is 0.00631. The second-order valence-corrected chi connectivity index (χ2v) is 3.91. The highest BCUT2D eigenvalue weighted by Gasteiger charge is 2.08. The molecule has 1 unspecified atom stereocenters. The van der Waals surface area contributed by atoms with Crippen LogP contribution in [-0.4, -0.2) is 19.8 Å². The first-order valence-electron chi connectivity index (χ1n) is 4.36. The lowest BCUT2D eigenvalue weighted by atomic mass is 10.3. The van der Waals surface area contributed by atoms with E-state index in [-0.39, 0.29) is 6.04 Å². The molecular weight excluding hydrogens is 246 g/mol. The van der Waals surface area contributed by atoms with Gasteiger partial charge in [0.2, 0.25) is 0 Å². The van der Waals surface area contributed by atoms with Gasteiger partial charge in [0.1, 0.15) is 6.61 Å². The Balaban J connectivity index is 2.82. The maximum absolute atomic E-state index is 5.60. The summed E-state index contributed by atoms with van der Waals surface area (Å²) >= 11 is 3.39. The molecule has 1 rings (SSSR count). The molecule has 14 heavy (non-hydrogen) atoms. The highest BCUT2D eigenvalue weighted by molar-refractivity contribution is 9.10. The Kier molecular flexibility index (Phi) is 4.22. The van der Waals surface area contributed by atoms with E-state index in [9.17, 15) is 0 Å². The van der Waals surface area contributed by atoms with Gasteiger partial charge in [-0.3, -0.25) is 0 Å². The molecule has 0 fully saturated rings. The maximum Gasteiger partial charge on any atom is 0.175 e. The van der Waals surface area contributed by atoms with E-state index in [0.29, 0.717) is 18.1 Å². The zero-order valence-corrected chi connectivity index (χ0v) is 9.87. The van der Waals surface area contributed by atoms with Crippen molar-refractivity contribution in [1.29, 1.82) is 0 Å². The van der Waals surface area contributed by atoms with Crippen molar-refractivity contribution in [2.45, 2.75) is 13.0 Å². The van der Waals surface area contributed by atoms with Crippen LogP contribution in [0.5, 0.6) is 11.5 Å². The summed E-state index contributed by atoms with van der Waals surface area (Å²) in [6, 6.07) is 5.65. The third kappa shape index (κ3) is 2.89. The Morgan fingerprint density at radius 3 is 2.79 bits per heavy atom. The zero-order valence-electron chi connectivity index (χ0n) is 8.29. The highest BCUT2D eigenvalue weighted by Crippen LogP contribution is 2.34. The van der Waals surface area contributed by atoms with E-state index in [1.807, 2.05) is 25.1 Å². The molecule has 0 heterocycles. The molecule has 0 saturated carbocycles. The molecule has 0 radical (unpaired) electrons. The van der Waals surface area contributed by atoms with Crippen LogP contribution in [0.4, 0.5) is 0 Å². The predicted molar refractivity (Wildman–Crippen MR) is 59.8 cm³/mol. The van der Waals surface area contributed by atoms with Gasteiger partial charge in [-0.15, -0.1) is 0 Å². The molecule has 0 amide bonds. The summed E-state index contributed by atoms with van der Waals surface area (Å²) in [5, 5.41) is 0. The van der Waals surface area contributed by atoms with Crippen LogP contribution in [0, 0.1) is 0 Å². The van der Waals surface area contributed by atoms with Gasteiger partial charge >= 0.3 is 0 Å². The SMILES string of the molecule is COc1cccc(Br)c1OCC(C)N. The fourth-order valence-electron chi connectivity index (χ4n) is 1.00. The van der Waals surface area contributed by atoms with Crippen molar-refractivity contribution in [3.8, 4) is 11.5 Å². The lowest BCUT2D eigenvalue weighted by Crippen LogP contribution is -2.23. The van der Waals surface area contributed by atoms with Crippen molar-refractivity contribution >= 4 is 15.9 Å². The first-order valence-corrected chi connectivity index (χ1v) is 5.15. The number of rotatable bonds is 4. The Morgan fingerprint density at radius 2 is 2.21 bits per heavy atom. The molecule has 2 N–H and O–H groups in total. The fourth-order valence-corrected chi connectivity index (χ4v) is 1.47. The molecule has 3 nitrogen and oxygen atoms in total. The molecule has 1 atom stereocenters. The summed E-state index contributed by atoms with van der Waals surface area (Å²) in [4.78, 5) is 0. The summed E-state index contributed by atoms with van der Waals surface area (Å²) in [6.07, 6.45) is 0. The Morgan fingerprint density at radius 1 is 1.50 bits per heavy atom. The molecule has 0 spiro atoms. The molecule has 0 aliphatic heterocycles. The van der Waals surface area contributed by atoms with E-state index in [1.54, 1.807) is 7.11 Å². The van der Waals surface area contributed by atoms with Crippen LogP contribution in [-0.2, 0) is 0 Å². The molecule has 0 aliphatic rings. The van der Waals surface area contributed by atoms with Crippen molar-refractivity contribution in [3.63, 3.8) is 0 Å². The van der Waals surface area contributed by atoms with Crippen molar-refractivity contribution in [3.05, 3.63) is 22.7 Å². The molecular formula is C10H14BrNO2. The van der Waals surface area contributed by atoms with E-state index in [4.69, 9.17) is 15.2 Å². The van der Waals surface area contributed by atoms with Gasteiger partial charge in [0.25, 0.3) is 0 Å².